The van der Waals surface area contributed by atoms with E-state index in [1.807, 2.05) is 13.1 Å². The zero-order valence-electron chi connectivity index (χ0n) is 9.70. The van der Waals surface area contributed by atoms with Crippen LogP contribution in [0.25, 0.3) is 0 Å². The van der Waals surface area contributed by atoms with Crippen LogP contribution in [0.15, 0.2) is 9.98 Å². The van der Waals surface area contributed by atoms with E-state index in [2.05, 4.69) is 33.2 Å². The maximum Gasteiger partial charge on any atom is 0.110 e. The van der Waals surface area contributed by atoms with Gasteiger partial charge in [-0.15, -0.1) is 11.3 Å². The lowest BCUT2D eigenvalue weighted by Crippen LogP contribution is -2.23. The zero-order chi connectivity index (χ0) is 12.1. The number of rotatable bonds is 6. The summed E-state index contributed by atoms with van der Waals surface area (Å²) in [6, 6.07) is 0.258. The van der Waals surface area contributed by atoms with E-state index in [9.17, 15) is 4.21 Å². The first-order valence-corrected chi connectivity index (χ1v) is 8.40. The summed E-state index contributed by atoms with van der Waals surface area (Å²) in [5, 5.41) is 4.72. The standard InChI is InChI=1S/C10H17BrN2OS2/c1-7(16(3)14)4-5-12-8(2)10-13-6-9(11)15-10/h6-8,12H,4-5H2,1-3H3. The third-order valence-corrected chi connectivity index (χ3v) is 5.46. The number of hydrogen-bond donors (Lipinski definition) is 1. The summed E-state index contributed by atoms with van der Waals surface area (Å²) in [5.41, 5.74) is 0. The molecule has 0 saturated carbocycles. The van der Waals surface area contributed by atoms with Gasteiger partial charge in [0.05, 0.1) is 16.0 Å². The maximum atomic E-state index is 11.2. The predicted molar refractivity (Wildman–Crippen MR) is 74.4 cm³/mol. The fraction of sp³-hybridized carbons (Fsp3) is 0.700. The zero-order valence-corrected chi connectivity index (χ0v) is 12.9. The largest absolute Gasteiger partial charge is 0.308 e. The third-order valence-electron chi connectivity index (χ3n) is 2.43. The van der Waals surface area contributed by atoms with Gasteiger partial charge in [-0.3, -0.25) is 4.21 Å². The van der Waals surface area contributed by atoms with Gasteiger partial charge in [-0.25, -0.2) is 4.98 Å². The quantitative estimate of drug-likeness (QED) is 0.874. The van der Waals surface area contributed by atoms with Crippen LogP contribution in [0.2, 0.25) is 0 Å². The highest BCUT2D eigenvalue weighted by Gasteiger charge is 2.10. The molecule has 1 aromatic heterocycles. The second-order valence-electron chi connectivity index (χ2n) is 3.78. The van der Waals surface area contributed by atoms with Gasteiger partial charge in [-0.2, -0.15) is 0 Å². The van der Waals surface area contributed by atoms with Crippen molar-refractivity contribution < 1.29 is 4.21 Å². The minimum atomic E-state index is -0.726. The molecule has 0 spiro atoms. The molecule has 0 fully saturated rings. The van der Waals surface area contributed by atoms with E-state index in [1.165, 1.54) is 0 Å². The molecule has 0 amide bonds. The molecule has 0 radical (unpaired) electrons. The van der Waals surface area contributed by atoms with Crippen LogP contribution in [0.5, 0.6) is 0 Å². The molecule has 3 unspecified atom stereocenters. The van der Waals surface area contributed by atoms with E-state index in [0.29, 0.717) is 0 Å². The first-order chi connectivity index (χ1) is 7.50. The van der Waals surface area contributed by atoms with Gasteiger partial charge in [0, 0.05) is 22.3 Å². The second-order valence-corrected chi connectivity index (χ2v) is 8.02. The average Bonchev–Trinajstić information content (AvgIpc) is 2.64. The van der Waals surface area contributed by atoms with Crippen molar-refractivity contribution in [3.63, 3.8) is 0 Å². The molecule has 16 heavy (non-hydrogen) atoms. The van der Waals surface area contributed by atoms with Gasteiger partial charge in [0.1, 0.15) is 5.01 Å². The maximum absolute atomic E-state index is 11.2. The Hall–Kier alpha value is 0.220. The summed E-state index contributed by atoms with van der Waals surface area (Å²) in [6.45, 7) is 4.99. The van der Waals surface area contributed by atoms with Gasteiger partial charge in [-0.05, 0) is 35.8 Å². The van der Waals surface area contributed by atoms with Gasteiger partial charge in [0.25, 0.3) is 0 Å². The van der Waals surface area contributed by atoms with Gasteiger partial charge in [0.2, 0.25) is 0 Å². The van der Waals surface area contributed by atoms with Crippen molar-refractivity contribution in [2.45, 2.75) is 31.6 Å². The molecular weight excluding hydrogens is 308 g/mol. The molecule has 1 N–H and O–H groups in total. The first kappa shape index (κ1) is 14.3. The fourth-order valence-electron chi connectivity index (χ4n) is 1.22. The lowest BCUT2D eigenvalue weighted by atomic mass is 10.3. The second kappa shape index (κ2) is 6.83. The van der Waals surface area contributed by atoms with Crippen LogP contribution >= 0.6 is 27.3 Å². The Morgan fingerprint density at radius 3 is 2.81 bits per heavy atom. The van der Waals surface area contributed by atoms with E-state index < -0.39 is 10.8 Å². The Morgan fingerprint density at radius 2 is 2.31 bits per heavy atom. The van der Waals surface area contributed by atoms with E-state index in [1.54, 1.807) is 17.6 Å². The van der Waals surface area contributed by atoms with Crippen LogP contribution < -0.4 is 5.32 Å². The lowest BCUT2D eigenvalue weighted by molar-refractivity contribution is 0.551. The van der Waals surface area contributed by atoms with Crippen molar-refractivity contribution in [2.24, 2.45) is 0 Å². The van der Waals surface area contributed by atoms with Crippen molar-refractivity contribution in [1.29, 1.82) is 0 Å². The summed E-state index contributed by atoms with van der Waals surface area (Å²) < 4.78 is 12.2. The van der Waals surface area contributed by atoms with Crippen molar-refractivity contribution in [2.75, 3.05) is 12.8 Å². The van der Waals surface area contributed by atoms with Crippen molar-refractivity contribution >= 4 is 38.1 Å². The Morgan fingerprint density at radius 1 is 1.62 bits per heavy atom. The molecule has 3 nitrogen and oxygen atoms in total. The van der Waals surface area contributed by atoms with Crippen LogP contribution in [0, 0.1) is 0 Å². The van der Waals surface area contributed by atoms with Crippen LogP contribution in [0.3, 0.4) is 0 Å². The number of nitrogens with one attached hydrogen (secondary N) is 1. The molecule has 1 heterocycles. The fourth-order valence-corrected chi connectivity index (χ4v) is 2.94. The Labute approximate surface area is 112 Å². The van der Waals surface area contributed by atoms with Crippen LogP contribution in [0.4, 0.5) is 0 Å². The number of hydrogen-bond acceptors (Lipinski definition) is 4. The molecule has 6 heteroatoms. The molecule has 1 rings (SSSR count). The predicted octanol–water partition coefficient (Wildman–Crippen LogP) is 2.71. The molecule has 0 bridgehead atoms. The molecule has 0 saturated heterocycles. The molecule has 0 aliphatic heterocycles. The van der Waals surface area contributed by atoms with Crippen molar-refractivity contribution in [1.82, 2.24) is 10.3 Å². The van der Waals surface area contributed by atoms with Gasteiger partial charge < -0.3 is 5.32 Å². The Bertz CT molecular complexity index is 356. The molecule has 0 aliphatic rings. The summed E-state index contributed by atoms with van der Waals surface area (Å²) in [7, 11) is -0.726. The first-order valence-electron chi connectivity index (χ1n) is 5.17. The lowest BCUT2D eigenvalue weighted by Gasteiger charge is -2.13. The minimum Gasteiger partial charge on any atom is -0.308 e. The van der Waals surface area contributed by atoms with Crippen LogP contribution in [-0.4, -0.2) is 27.2 Å². The van der Waals surface area contributed by atoms with Gasteiger partial charge >= 0.3 is 0 Å². The number of nitrogens with zero attached hydrogens (tertiary/aromatic N) is 1. The monoisotopic (exact) mass is 324 g/mol. The third kappa shape index (κ3) is 4.61. The number of halogens is 1. The van der Waals surface area contributed by atoms with Crippen molar-refractivity contribution in [3.05, 3.63) is 15.0 Å². The SMILES string of the molecule is CC(NCCC(C)S(C)=O)c1ncc(Br)s1. The minimum absolute atomic E-state index is 0.253. The smallest absolute Gasteiger partial charge is 0.110 e. The van der Waals surface area contributed by atoms with E-state index in [4.69, 9.17) is 0 Å². The van der Waals surface area contributed by atoms with Gasteiger partial charge in [-0.1, -0.05) is 6.92 Å². The summed E-state index contributed by atoms with van der Waals surface area (Å²) in [4.78, 5) is 4.30. The highest BCUT2D eigenvalue weighted by Crippen LogP contribution is 2.23. The summed E-state index contributed by atoms with van der Waals surface area (Å²) in [5.74, 6) is 0. The molecule has 1 aromatic rings. The normalized spacial score (nSPS) is 17.0. The van der Waals surface area contributed by atoms with Gasteiger partial charge in [0.15, 0.2) is 0 Å². The van der Waals surface area contributed by atoms with E-state index >= 15 is 0 Å². The topological polar surface area (TPSA) is 42.0 Å². The number of aromatic nitrogens is 1. The number of thiazole rings is 1. The van der Waals surface area contributed by atoms with E-state index in [0.717, 1.165) is 21.8 Å². The van der Waals surface area contributed by atoms with E-state index in [-0.39, 0.29) is 11.3 Å². The molecule has 3 atom stereocenters. The highest BCUT2D eigenvalue weighted by atomic mass is 79.9. The van der Waals surface area contributed by atoms with Crippen LogP contribution in [-0.2, 0) is 10.8 Å². The summed E-state index contributed by atoms with van der Waals surface area (Å²) in [6.07, 6.45) is 4.51. The highest BCUT2D eigenvalue weighted by molar-refractivity contribution is 9.11. The Balaban J connectivity index is 2.30. The van der Waals surface area contributed by atoms with Crippen molar-refractivity contribution in [3.8, 4) is 0 Å². The molecular formula is C10H17BrN2OS2. The molecule has 92 valence electrons. The van der Waals surface area contributed by atoms with Crippen LogP contribution in [0.1, 0.15) is 31.3 Å². The average molecular weight is 325 g/mol. The Kier molecular flexibility index (Phi) is 6.10. The molecule has 0 aromatic carbocycles. The molecule has 0 aliphatic carbocycles. The summed E-state index contributed by atoms with van der Waals surface area (Å²) >= 11 is 5.04.